The van der Waals surface area contributed by atoms with Crippen molar-refractivity contribution in [2.75, 3.05) is 5.32 Å². The van der Waals surface area contributed by atoms with Gasteiger partial charge in [-0.05, 0) is 25.0 Å². The van der Waals surface area contributed by atoms with Gasteiger partial charge in [-0.1, -0.05) is 11.6 Å². The summed E-state index contributed by atoms with van der Waals surface area (Å²) in [5.41, 5.74) is 0. The van der Waals surface area contributed by atoms with Gasteiger partial charge < -0.3 is 15.5 Å². The highest BCUT2D eigenvalue weighted by molar-refractivity contribution is 6.29. The van der Waals surface area contributed by atoms with Crippen molar-refractivity contribution in [3.05, 3.63) is 17.3 Å². The second-order valence-corrected chi connectivity index (χ2v) is 4.01. The minimum Gasteiger partial charge on any atom is -0.390 e. The lowest BCUT2D eigenvalue weighted by Gasteiger charge is -2.17. The molecular weight excluding hydrogens is 218 g/mol. The van der Waals surface area contributed by atoms with Crippen LogP contribution in [0.2, 0.25) is 5.15 Å². The van der Waals surface area contributed by atoms with Gasteiger partial charge in [0.2, 0.25) is 0 Å². The number of rotatable bonds is 2. The Labute approximate surface area is 92.1 Å². The summed E-state index contributed by atoms with van der Waals surface area (Å²) in [5.74, 6) is 0.553. The maximum Gasteiger partial charge on any atom is 0.151 e. The Morgan fingerprint density at radius 3 is 2.60 bits per heavy atom. The molecule has 15 heavy (non-hydrogen) atoms. The van der Waals surface area contributed by atoms with Crippen molar-refractivity contribution in [1.29, 1.82) is 0 Å². The van der Waals surface area contributed by atoms with E-state index >= 15 is 0 Å². The quantitative estimate of drug-likeness (QED) is 0.685. The van der Waals surface area contributed by atoms with Crippen molar-refractivity contribution in [3.63, 3.8) is 0 Å². The van der Waals surface area contributed by atoms with E-state index in [1.165, 1.54) is 0 Å². The van der Waals surface area contributed by atoms with E-state index < -0.39 is 12.2 Å². The molecule has 82 valence electrons. The molecule has 5 nitrogen and oxygen atoms in total. The third-order valence-corrected chi connectivity index (χ3v) is 2.75. The summed E-state index contributed by atoms with van der Waals surface area (Å²) in [5, 5.41) is 29.8. The zero-order valence-corrected chi connectivity index (χ0v) is 8.72. The van der Waals surface area contributed by atoms with Crippen LogP contribution < -0.4 is 5.32 Å². The molecule has 3 unspecified atom stereocenters. The van der Waals surface area contributed by atoms with Gasteiger partial charge in [0, 0.05) is 0 Å². The Bertz CT molecular complexity index is 333. The monoisotopic (exact) mass is 229 g/mol. The molecule has 1 fully saturated rings. The lowest BCUT2D eigenvalue weighted by molar-refractivity contribution is 0.0391. The molecule has 3 atom stereocenters. The molecule has 6 heteroatoms. The van der Waals surface area contributed by atoms with Gasteiger partial charge in [-0.2, -0.15) is 0 Å². The molecule has 1 saturated carbocycles. The molecule has 2 rings (SSSR count). The van der Waals surface area contributed by atoms with E-state index in [1.807, 2.05) is 0 Å². The summed E-state index contributed by atoms with van der Waals surface area (Å²) < 4.78 is 0. The number of aromatic nitrogens is 2. The van der Waals surface area contributed by atoms with E-state index in [2.05, 4.69) is 15.5 Å². The van der Waals surface area contributed by atoms with Gasteiger partial charge in [0.25, 0.3) is 0 Å². The van der Waals surface area contributed by atoms with E-state index in [9.17, 15) is 10.2 Å². The Morgan fingerprint density at radius 2 is 2.07 bits per heavy atom. The number of halogens is 1. The molecule has 0 bridgehead atoms. The Balaban J connectivity index is 2.00. The Morgan fingerprint density at radius 1 is 1.27 bits per heavy atom. The molecular formula is C9H12ClN3O2. The van der Waals surface area contributed by atoms with Crippen molar-refractivity contribution in [3.8, 4) is 0 Å². The van der Waals surface area contributed by atoms with E-state index in [-0.39, 0.29) is 6.04 Å². The lowest BCUT2D eigenvalue weighted by atomic mass is 10.2. The van der Waals surface area contributed by atoms with Gasteiger partial charge >= 0.3 is 0 Å². The first-order valence-corrected chi connectivity index (χ1v) is 5.16. The van der Waals surface area contributed by atoms with Gasteiger partial charge in [0.15, 0.2) is 5.15 Å². The van der Waals surface area contributed by atoms with Crippen LogP contribution in [0, 0.1) is 0 Å². The molecule has 0 radical (unpaired) electrons. The van der Waals surface area contributed by atoms with Gasteiger partial charge in [-0.3, -0.25) is 0 Å². The third kappa shape index (κ3) is 2.37. The number of hydrogen-bond acceptors (Lipinski definition) is 5. The van der Waals surface area contributed by atoms with E-state index in [0.717, 1.165) is 0 Å². The average Bonchev–Trinajstić information content (AvgIpc) is 2.53. The van der Waals surface area contributed by atoms with Crippen LogP contribution >= 0.6 is 11.6 Å². The number of nitrogens with zero attached hydrogens (tertiary/aromatic N) is 2. The molecule has 0 aliphatic heterocycles. The molecule has 1 aliphatic carbocycles. The van der Waals surface area contributed by atoms with Gasteiger partial charge in [-0.25, -0.2) is 0 Å². The molecule has 3 N–H and O–H groups in total. The summed E-state index contributed by atoms with van der Waals surface area (Å²) in [6.45, 7) is 0. The third-order valence-electron chi connectivity index (χ3n) is 2.55. The molecule has 0 saturated heterocycles. The SMILES string of the molecule is OC1CCC(Nc2ccc(Cl)nn2)C1O. The summed E-state index contributed by atoms with van der Waals surface area (Å²) in [6.07, 6.45) is -0.0859. The maximum atomic E-state index is 9.59. The molecule has 1 aromatic rings. The largest absolute Gasteiger partial charge is 0.390 e. The smallest absolute Gasteiger partial charge is 0.151 e. The van der Waals surface area contributed by atoms with E-state index in [4.69, 9.17) is 11.6 Å². The summed E-state index contributed by atoms with van der Waals surface area (Å²) in [4.78, 5) is 0. The molecule has 1 aromatic heterocycles. The van der Waals surface area contributed by atoms with E-state index in [0.29, 0.717) is 23.8 Å². The summed E-state index contributed by atoms with van der Waals surface area (Å²) in [6, 6.07) is 3.14. The lowest BCUT2D eigenvalue weighted by Crippen LogP contribution is -2.34. The first-order valence-electron chi connectivity index (χ1n) is 4.79. The van der Waals surface area contributed by atoms with Gasteiger partial charge in [0.1, 0.15) is 5.82 Å². The van der Waals surface area contributed by atoms with Gasteiger partial charge in [-0.15, -0.1) is 10.2 Å². The van der Waals surface area contributed by atoms with Crippen LogP contribution in [0.5, 0.6) is 0 Å². The first kappa shape index (κ1) is 10.6. The highest BCUT2D eigenvalue weighted by atomic mass is 35.5. The van der Waals surface area contributed by atoms with Crippen LogP contribution in [0.3, 0.4) is 0 Å². The Kier molecular flexibility index (Phi) is 3.04. The highest BCUT2D eigenvalue weighted by Crippen LogP contribution is 2.22. The van der Waals surface area contributed by atoms with Crippen LogP contribution in [0.25, 0.3) is 0 Å². The number of aliphatic hydroxyl groups is 2. The number of aliphatic hydroxyl groups excluding tert-OH is 2. The fourth-order valence-electron chi connectivity index (χ4n) is 1.70. The zero-order chi connectivity index (χ0) is 10.8. The van der Waals surface area contributed by atoms with Crippen molar-refractivity contribution >= 4 is 17.4 Å². The Hall–Kier alpha value is -0.910. The topological polar surface area (TPSA) is 78.3 Å². The highest BCUT2D eigenvalue weighted by Gasteiger charge is 2.33. The van der Waals surface area contributed by atoms with Gasteiger partial charge in [0.05, 0.1) is 18.2 Å². The first-order chi connectivity index (χ1) is 7.16. The van der Waals surface area contributed by atoms with Crippen molar-refractivity contribution in [2.45, 2.75) is 31.1 Å². The molecule has 1 heterocycles. The molecule has 0 amide bonds. The minimum absolute atomic E-state index is 0.171. The maximum absolute atomic E-state index is 9.59. The fraction of sp³-hybridized carbons (Fsp3) is 0.556. The van der Waals surface area contributed by atoms with Crippen LogP contribution in [-0.2, 0) is 0 Å². The van der Waals surface area contributed by atoms with Crippen LogP contribution in [0.15, 0.2) is 12.1 Å². The van der Waals surface area contributed by atoms with Crippen LogP contribution in [0.1, 0.15) is 12.8 Å². The second-order valence-electron chi connectivity index (χ2n) is 3.63. The van der Waals surface area contributed by atoms with E-state index in [1.54, 1.807) is 12.1 Å². The summed E-state index contributed by atoms with van der Waals surface area (Å²) >= 11 is 5.59. The minimum atomic E-state index is -0.748. The van der Waals surface area contributed by atoms with Crippen molar-refractivity contribution in [1.82, 2.24) is 10.2 Å². The number of hydrogen-bond donors (Lipinski definition) is 3. The van der Waals surface area contributed by atoms with Crippen LogP contribution in [-0.4, -0.2) is 38.7 Å². The number of anilines is 1. The fourth-order valence-corrected chi connectivity index (χ4v) is 1.80. The molecule has 1 aliphatic rings. The predicted octanol–water partition coefficient (Wildman–Crippen LogP) is 0.426. The van der Waals surface area contributed by atoms with Crippen molar-refractivity contribution in [2.24, 2.45) is 0 Å². The van der Waals surface area contributed by atoms with Crippen molar-refractivity contribution < 1.29 is 10.2 Å². The average molecular weight is 230 g/mol. The zero-order valence-electron chi connectivity index (χ0n) is 7.97. The van der Waals surface area contributed by atoms with Crippen LogP contribution in [0.4, 0.5) is 5.82 Å². The molecule has 0 aromatic carbocycles. The number of nitrogens with one attached hydrogen (secondary N) is 1. The normalized spacial score (nSPS) is 30.5. The summed E-state index contributed by atoms with van der Waals surface area (Å²) in [7, 11) is 0. The standard InChI is InChI=1S/C9H12ClN3O2/c10-7-3-4-8(13-12-7)11-5-1-2-6(14)9(5)15/h3-6,9,14-15H,1-2H2,(H,11,13). The predicted molar refractivity (Wildman–Crippen MR) is 55.7 cm³/mol. The second kappa shape index (κ2) is 4.30. The molecule has 0 spiro atoms.